The minimum absolute atomic E-state index is 0.0471. The number of para-hydroxylation sites is 1. The average Bonchev–Trinajstić information content (AvgIpc) is 2.65. The molecule has 3 heteroatoms. The molecule has 0 bridgehead atoms. The number of ether oxygens (including phenoxy) is 1. The van der Waals surface area contributed by atoms with E-state index in [2.05, 4.69) is 23.5 Å². The molecule has 3 rings (SSSR count). The molecule has 0 aliphatic rings. The molecule has 0 saturated carbocycles. The third-order valence-corrected chi connectivity index (χ3v) is 4.21. The first-order valence-corrected chi connectivity index (χ1v) is 8.78. The maximum absolute atomic E-state index is 12.2. The molecular formula is C23H23NO2. The van der Waals surface area contributed by atoms with Gasteiger partial charge in [-0.05, 0) is 37.1 Å². The molecular weight excluding hydrogens is 322 g/mol. The normalized spacial score (nSPS) is 10.4. The van der Waals surface area contributed by atoms with Crippen molar-refractivity contribution in [1.82, 2.24) is 0 Å². The minimum atomic E-state index is -0.0471. The molecule has 0 aliphatic heterocycles. The Morgan fingerprint density at radius 1 is 0.923 bits per heavy atom. The van der Waals surface area contributed by atoms with E-state index in [9.17, 15) is 4.79 Å². The summed E-state index contributed by atoms with van der Waals surface area (Å²) in [7, 11) is 0. The van der Waals surface area contributed by atoms with E-state index >= 15 is 0 Å². The van der Waals surface area contributed by atoms with E-state index in [-0.39, 0.29) is 5.91 Å². The van der Waals surface area contributed by atoms with Crippen LogP contribution in [0.25, 0.3) is 11.1 Å². The molecule has 1 amide bonds. The van der Waals surface area contributed by atoms with Crippen LogP contribution in [0, 0.1) is 13.8 Å². The zero-order chi connectivity index (χ0) is 18.4. The number of nitrogens with one attached hydrogen (secondary N) is 1. The second-order valence-corrected chi connectivity index (χ2v) is 6.33. The van der Waals surface area contributed by atoms with Crippen molar-refractivity contribution in [2.45, 2.75) is 20.3 Å². The number of hydrogen-bond acceptors (Lipinski definition) is 2. The highest BCUT2D eigenvalue weighted by molar-refractivity contribution is 5.91. The Balaban J connectivity index is 1.59. The molecule has 0 spiro atoms. The zero-order valence-corrected chi connectivity index (χ0v) is 15.2. The highest BCUT2D eigenvalue weighted by Crippen LogP contribution is 2.29. The van der Waals surface area contributed by atoms with Crippen LogP contribution in [0.15, 0.2) is 72.8 Å². The van der Waals surface area contributed by atoms with Gasteiger partial charge in [0.2, 0.25) is 5.91 Å². The molecule has 0 radical (unpaired) electrons. The van der Waals surface area contributed by atoms with E-state index in [0.717, 1.165) is 28.1 Å². The maximum atomic E-state index is 12.2. The van der Waals surface area contributed by atoms with Crippen molar-refractivity contribution in [2.75, 3.05) is 11.9 Å². The molecule has 0 aliphatic carbocycles. The summed E-state index contributed by atoms with van der Waals surface area (Å²) in [6, 6.07) is 24.0. The molecule has 1 N–H and O–H groups in total. The Labute approximate surface area is 154 Å². The molecule has 0 fully saturated rings. The van der Waals surface area contributed by atoms with Gasteiger partial charge in [0, 0.05) is 11.3 Å². The summed E-state index contributed by atoms with van der Waals surface area (Å²) in [5.74, 6) is 0.743. The van der Waals surface area contributed by atoms with Crippen LogP contribution in [0.2, 0.25) is 0 Å². The average molecular weight is 345 g/mol. The van der Waals surface area contributed by atoms with Gasteiger partial charge in [-0.2, -0.15) is 0 Å². The Morgan fingerprint density at radius 3 is 2.42 bits per heavy atom. The monoisotopic (exact) mass is 345 g/mol. The summed E-state index contributed by atoms with van der Waals surface area (Å²) in [6.07, 6.45) is 0.302. The topological polar surface area (TPSA) is 38.3 Å². The van der Waals surface area contributed by atoms with Crippen molar-refractivity contribution in [3.8, 4) is 16.9 Å². The molecule has 132 valence electrons. The molecule has 0 aromatic heterocycles. The number of rotatable bonds is 6. The lowest BCUT2D eigenvalue weighted by Crippen LogP contribution is -2.16. The highest BCUT2D eigenvalue weighted by atomic mass is 16.5. The summed E-state index contributed by atoms with van der Waals surface area (Å²) in [4.78, 5) is 12.2. The van der Waals surface area contributed by atoms with Crippen LogP contribution in [-0.2, 0) is 4.79 Å². The predicted molar refractivity (Wildman–Crippen MR) is 107 cm³/mol. The van der Waals surface area contributed by atoms with Crippen molar-refractivity contribution in [2.24, 2.45) is 0 Å². The first-order chi connectivity index (χ1) is 12.6. The summed E-state index contributed by atoms with van der Waals surface area (Å²) in [6.45, 7) is 4.37. The Kier molecular flexibility index (Phi) is 5.69. The summed E-state index contributed by atoms with van der Waals surface area (Å²) in [5, 5.41) is 2.95. The van der Waals surface area contributed by atoms with Crippen molar-refractivity contribution in [3.63, 3.8) is 0 Å². The van der Waals surface area contributed by atoms with E-state index in [1.165, 1.54) is 5.56 Å². The molecule has 0 heterocycles. The standard InChI is InChI=1S/C23H23NO2/c1-17-12-13-21(18(2)16-17)24-23(25)14-15-26-22-11-7-6-10-20(22)19-8-4-3-5-9-19/h3-13,16H,14-15H2,1-2H3,(H,24,25). The van der Waals surface area contributed by atoms with E-state index in [0.29, 0.717) is 13.0 Å². The van der Waals surface area contributed by atoms with Crippen molar-refractivity contribution < 1.29 is 9.53 Å². The third kappa shape index (κ3) is 4.51. The van der Waals surface area contributed by atoms with Crippen molar-refractivity contribution in [3.05, 3.63) is 83.9 Å². The second kappa shape index (κ2) is 8.34. The number of benzene rings is 3. The number of amides is 1. The summed E-state index contributed by atoms with van der Waals surface area (Å²) < 4.78 is 5.89. The van der Waals surface area contributed by atoms with Crippen LogP contribution in [0.3, 0.4) is 0 Å². The number of carbonyl (C=O) groups excluding carboxylic acids is 1. The number of carbonyl (C=O) groups is 1. The van der Waals surface area contributed by atoms with Gasteiger partial charge in [-0.15, -0.1) is 0 Å². The van der Waals surface area contributed by atoms with Gasteiger partial charge in [0.05, 0.1) is 13.0 Å². The molecule has 3 aromatic carbocycles. The van der Waals surface area contributed by atoms with Crippen LogP contribution >= 0.6 is 0 Å². The first-order valence-electron chi connectivity index (χ1n) is 8.78. The van der Waals surface area contributed by atoms with Crippen LogP contribution in [0.1, 0.15) is 17.5 Å². The largest absolute Gasteiger partial charge is 0.492 e. The highest BCUT2D eigenvalue weighted by Gasteiger charge is 2.08. The second-order valence-electron chi connectivity index (χ2n) is 6.33. The molecule has 3 nitrogen and oxygen atoms in total. The van der Waals surface area contributed by atoms with Gasteiger partial charge in [0.25, 0.3) is 0 Å². The lowest BCUT2D eigenvalue weighted by molar-refractivity contribution is -0.116. The fourth-order valence-corrected chi connectivity index (χ4v) is 2.87. The smallest absolute Gasteiger partial charge is 0.227 e. The lowest BCUT2D eigenvalue weighted by Gasteiger charge is -2.12. The van der Waals surface area contributed by atoms with E-state index in [1.54, 1.807) is 0 Å². The number of anilines is 1. The van der Waals surface area contributed by atoms with Gasteiger partial charge >= 0.3 is 0 Å². The molecule has 0 saturated heterocycles. The van der Waals surface area contributed by atoms with E-state index in [1.807, 2.05) is 68.4 Å². The molecule has 26 heavy (non-hydrogen) atoms. The van der Waals surface area contributed by atoms with E-state index < -0.39 is 0 Å². The first kappa shape index (κ1) is 17.7. The van der Waals surface area contributed by atoms with Gasteiger partial charge in [-0.3, -0.25) is 4.79 Å². The third-order valence-electron chi connectivity index (χ3n) is 4.21. The Morgan fingerprint density at radius 2 is 1.65 bits per heavy atom. The number of aryl methyl sites for hydroxylation is 2. The molecule has 0 unspecified atom stereocenters. The fraction of sp³-hybridized carbons (Fsp3) is 0.174. The summed E-state index contributed by atoms with van der Waals surface area (Å²) in [5.41, 5.74) is 5.23. The molecule has 0 atom stereocenters. The van der Waals surface area contributed by atoms with Crippen LogP contribution in [-0.4, -0.2) is 12.5 Å². The fourth-order valence-electron chi connectivity index (χ4n) is 2.87. The van der Waals surface area contributed by atoms with Crippen LogP contribution < -0.4 is 10.1 Å². The predicted octanol–water partition coefficient (Wildman–Crippen LogP) is 5.38. The SMILES string of the molecule is Cc1ccc(NC(=O)CCOc2ccccc2-c2ccccc2)c(C)c1. The lowest BCUT2D eigenvalue weighted by atomic mass is 10.1. The van der Waals surface area contributed by atoms with Gasteiger partial charge in [-0.25, -0.2) is 0 Å². The Bertz CT molecular complexity index is 888. The van der Waals surface area contributed by atoms with Crippen LogP contribution in [0.4, 0.5) is 5.69 Å². The van der Waals surface area contributed by atoms with Gasteiger partial charge in [0.15, 0.2) is 0 Å². The zero-order valence-electron chi connectivity index (χ0n) is 15.2. The van der Waals surface area contributed by atoms with Gasteiger partial charge in [0.1, 0.15) is 5.75 Å². The minimum Gasteiger partial charge on any atom is -0.492 e. The summed E-state index contributed by atoms with van der Waals surface area (Å²) >= 11 is 0. The van der Waals surface area contributed by atoms with Crippen LogP contribution in [0.5, 0.6) is 5.75 Å². The number of hydrogen-bond donors (Lipinski definition) is 1. The van der Waals surface area contributed by atoms with Gasteiger partial charge < -0.3 is 10.1 Å². The van der Waals surface area contributed by atoms with Crippen molar-refractivity contribution >= 4 is 11.6 Å². The van der Waals surface area contributed by atoms with E-state index in [4.69, 9.17) is 4.74 Å². The maximum Gasteiger partial charge on any atom is 0.227 e. The van der Waals surface area contributed by atoms with Gasteiger partial charge in [-0.1, -0.05) is 66.2 Å². The molecule has 3 aromatic rings. The Hall–Kier alpha value is -3.07. The quantitative estimate of drug-likeness (QED) is 0.651. The van der Waals surface area contributed by atoms with Crippen molar-refractivity contribution in [1.29, 1.82) is 0 Å².